The monoisotopic (exact) mass is 585 g/mol. The van der Waals surface area contributed by atoms with Gasteiger partial charge in [-0.05, 0) is 54.6 Å². The summed E-state index contributed by atoms with van der Waals surface area (Å²) in [6.07, 6.45) is 1.66. The molecule has 4 aromatic carbocycles. The van der Waals surface area contributed by atoms with Gasteiger partial charge in [-0.2, -0.15) is 0 Å². The Morgan fingerprint density at radius 3 is 2.45 bits per heavy atom. The molecule has 1 aromatic heterocycles. The van der Waals surface area contributed by atoms with Crippen molar-refractivity contribution in [2.24, 2.45) is 0 Å². The van der Waals surface area contributed by atoms with Gasteiger partial charge in [0.15, 0.2) is 11.9 Å². The summed E-state index contributed by atoms with van der Waals surface area (Å²) in [6.45, 7) is 3.82. The van der Waals surface area contributed by atoms with Gasteiger partial charge in [0, 0.05) is 35.2 Å². The van der Waals surface area contributed by atoms with Crippen LogP contribution in [0.25, 0.3) is 28.8 Å². The molecule has 0 saturated carbocycles. The maximum absolute atomic E-state index is 11.0. The summed E-state index contributed by atoms with van der Waals surface area (Å²) >= 11 is 5.75. The standard InChI is InChI=1S/C32H29N5O3S.Na/c1-3-23-19-28(17-18-29(23)35(2)21-30(38)39)40-22-33-25-13-10-16-27(20-25)36-31(24-11-6-4-7-12-24)37(34-32(36)41)26-14-8-5-9-15-26;/h3-20,33H,1,21-22H2,2H3,(H-,34,38,39,41);/q;+1/p-1. The Morgan fingerprint density at radius 2 is 1.76 bits per heavy atom. The van der Waals surface area contributed by atoms with Crippen LogP contribution in [0.2, 0.25) is 0 Å². The van der Waals surface area contributed by atoms with Crippen LogP contribution in [-0.2, 0) is 17.4 Å². The minimum absolute atomic E-state index is 0. The molecule has 1 N–H and O–H groups in total. The summed E-state index contributed by atoms with van der Waals surface area (Å²) in [5.41, 5.74) is 5.06. The van der Waals surface area contributed by atoms with Crippen molar-refractivity contribution in [3.05, 3.63) is 115 Å². The summed E-state index contributed by atoms with van der Waals surface area (Å²) in [5.74, 6) is 0.307. The van der Waals surface area contributed by atoms with E-state index in [4.69, 9.17) is 22.5 Å². The number of hydrogen-bond donors (Lipinski definition) is 1. The molecule has 42 heavy (non-hydrogen) atoms. The number of nitrogens with zero attached hydrogens (tertiary/aromatic N) is 4. The van der Waals surface area contributed by atoms with Crippen LogP contribution in [0.4, 0.5) is 11.4 Å². The van der Waals surface area contributed by atoms with Crippen LogP contribution in [0.1, 0.15) is 5.56 Å². The number of likely N-dealkylation sites (N-methyl/N-ethyl adjacent to an activating group) is 1. The van der Waals surface area contributed by atoms with E-state index in [0.29, 0.717) is 10.9 Å². The molecule has 5 aromatic rings. The molecule has 0 unspecified atom stereocenters. The first-order chi connectivity index (χ1) is 19.9. The van der Waals surface area contributed by atoms with Crippen molar-refractivity contribution in [1.82, 2.24) is 9.78 Å². The molecule has 0 saturated heterocycles. The zero-order valence-corrected chi connectivity index (χ0v) is 26.3. The Balaban J connectivity index is 0.00000405. The molecule has 0 aliphatic carbocycles. The van der Waals surface area contributed by atoms with Crippen LogP contribution in [0, 0.1) is 0 Å². The van der Waals surface area contributed by atoms with Gasteiger partial charge >= 0.3 is 29.6 Å². The Bertz CT molecular complexity index is 1680. The van der Waals surface area contributed by atoms with Crippen LogP contribution < -0.4 is 54.2 Å². The van der Waals surface area contributed by atoms with Crippen molar-refractivity contribution in [1.29, 1.82) is 0 Å². The Morgan fingerprint density at radius 1 is 1.05 bits per heavy atom. The zero-order valence-electron chi connectivity index (χ0n) is 23.4. The molecule has 10 heteroatoms. The minimum Gasteiger partial charge on any atom is -0.702 e. The predicted octanol–water partition coefficient (Wildman–Crippen LogP) is 1.00. The van der Waals surface area contributed by atoms with Gasteiger partial charge in [0.1, 0.15) is 17.1 Å². The summed E-state index contributed by atoms with van der Waals surface area (Å²) in [4.78, 5) is 12.6. The van der Waals surface area contributed by atoms with Gasteiger partial charge in [0.05, 0.1) is 18.1 Å². The van der Waals surface area contributed by atoms with Crippen molar-refractivity contribution in [2.75, 3.05) is 30.5 Å². The fourth-order valence-corrected chi connectivity index (χ4v) is 4.83. The molecule has 0 bridgehead atoms. The van der Waals surface area contributed by atoms with Gasteiger partial charge in [0.25, 0.3) is 5.82 Å². The first kappa shape index (κ1) is 30.8. The molecule has 5 rings (SSSR count). The van der Waals surface area contributed by atoms with E-state index in [1.54, 1.807) is 30.2 Å². The van der Waals surface area contributed by atoms with Crippen LogP contribution in [0.3, 0.4) is 0 Å². The third-order valence-electron chi connectivity index (χ3n) is 6.44. The Labute approximate surface area is 272 Å². The second-order valence-electron chi connectivity index (χ2n) is 9.22. The van der Waals surface area contributed by atoms with Gasteiger partial charge in [0.2, 0.25) is 0 Å². The maximum atomic E-state index is 11.0. The second kappa shape index (κ2) is 14.2. The van der Waals surface area contributed by atoms with E-state index in [9.17, 15) is 9.90 Å². The first-order valence-electron chi connectivity index (χ1n) is 12.9. The minimum atomic E-state index is -1.15. The van der Waals surface area contributed by atoms with Crippen molar-refractivity contribution in [3.8, 4) is 28.5 Å². The SMILES string of the molecule is C=Cc1cc(OCNc2cccc(-[n+]3c([S-])nn(-c4ccccc4)c3-c3ccccc3)c2)ccc1N(C)CC(=O)[O-].[Na+]. The number of carboxylic acid groups (broad SMARTS) is 1. The molecule has 1 heterocycles. The van der Waals surface area contributed by atoms with Crippen LogP contribution in [0.5, 0.6) is 5.75 Å². The van der Waals surface area contributed by atoms with Gasteiger partial charge in [-0.3, -0.25) is 0 Å². The molecular weight excluding hydrogens is 557 g/mol. The normalized spacial score (nSPS) is 10.4. The maximum Gasteiger partial charge on any atom is 1.00 e. The van der Waals surface area contributed by atoms with Crippen LogP contribution in [-0.4, -0.2) is 36.1 Å². The van der Waals surface area contributed by atoms with E-state index in [-0.39, 0.29) is 42.8 Å². The van der Waals surface area contributed by atoms with E-state index in [0.717, 1.165) is 39.7 Å². The topological polar surface area (TPSA) is 86.3 Å². The molecule has 8 nitrogen and oxygen atoms in total. The number of carboxylic acids is 1. The number of aliphatic carboxylic acids is 1. The predicted molar refractivity (Wildman–Crippen MR) is 160 cm³/mol. The largest absolute Gasteiger partial charge is 1.00 e. The first-order valence-corrected chi connectivity index (χ1v) is 13.3. The molecule has 0 spiro atoms. The average molecular weight is 586 g/mol. The zero-order chi connectivity index (χ0) is 28.8. The average Bonchev–Trinajstić information content (AvgIpc) is 3.34. The summed E-state index contributed by atoms with van der Waals surface area (Å²) in [7, 11) is 1.69. The van der Waals surface area contributed by atoms with E-state index < -0.39 is 5.97 Å². The number of rotatable bonds is 11. The van der Waals surface area contributed by atoms with E-state index in [2.05, 4.69) is 11.9 Å². The molecule has 0 aliphatic heterocycles. The quantitative estimate of drug-likeness (QED) is 0.107. The Kier molecular flexibility index (Phi) is 10.4. The number of ether oxygens (including phenoxy) is 1. The summed E-state index contributed by atoms with van der Waals surface area (Å²) < 4.78 is 9.77. The van der Waals surface area contributed by atoms with Gasteiger partial charge in [-0.15, -0.1) is 0 Å². The molecule has 0 radical (unpaired) electrons. The molecule has 0 amide bonds. The fraction of sp³-hybridized carbons (Fsp3) is 0.0938. The smallest absolute Gasteiger partial charge is 0.702 e. The molecule has 0 atom stereocenters. The molecular formula is C32H28N5NaO3S. The third kappa shape index (κ3) is 7.00. The number of nitrogens with one attached hydrogen (secondary N) is 1. The number of hydrogen-bond acceptors (Lipinski definition) is 7. The number of carbonyl (C=O) groups is 1. The van der Waals surface area contributed by atoms with E-state index >= 15 is 0 Å². The third-order valence-corrected chi connectivity index (χ3v) is 6.70. The van der Waals surface area contributed by atoms with Gasteiger partial charge in [-0.25, -0.2) is 4.57 Å². The van der Waals surface area contributed by atoms with Crippen molar-refractivity contribution in [2.45, 2.75) is 5.16 Å². The van der Waals surface area contributed by atoms with Crippen molar-refractivity contribution >= 4 is 36.0 Å². The second-order valence-corrected chi connectivity index (χ2v) is 9.59. The Hall–Kier alpha value is -4.15. The van der Waals surface area contributed by atoms with Crippen LogP contribution in [0.15, 0.2) is 115 Å². The van der Waals surface area contributed by atoms with Gasteiger partial charge in [-0.1, -0.05) is 59.8 Å². The molecule has 0 fully saturated rings. The number of benzene rings is 4. The van der Waals surface area contributed by atoms with Gasteiger partial charge < -0.3 is 37.5 Å². The molecule has 206 valence electrons. The van der Waals surface area contributed by atoms with E-state index in [1.165, 1.54) is 0 Å². The summed E-state index contributed by atoms with van der Waals surface area (Å²) in [6, 6.07) is 33.2. The van der Waals surface area contributed by atoms with Crippen molar-refractivity contribution in [3.63, 3.8) is 0 Å². The fourth-order valence-electron chi connectivity index (χ4n) is 4.55. The number of carbonyl (C=O) groups excluding carboxylic acids is 1. The van der Waals surface area contributed by atoms with Crippen LogP contribution >= 0.6 is 0 Å². The summed E-state index contributed by atoms with van der Waals surface area (Å²) in [5, 5.41) is 19.4. The van der Waals surface area contributed by atoms with Crippen molar-refractivity contribution < 1.29 is 48.8 Å². The number of para-hydroxylation sites is 1. The number of aromatic nitrogens is 3. The van der Waals surface area contributed by atoms with E-state index in [1.807, 2.05) is 100 Å². The number of anilines is 2. The molecule has 0 aliphatic rings.